The highest BCUT2D eigenvalue weighted by Crippen LogP contribution is 2.62. The van der Waals surface area contributed by atoms with Crippen molar-refractivity contribution in [3.63, 3.8) is 0 Å². The summed E-state index contributed by atoms with van der Waals surface area (Å²) in [4.78, 5) is 24.9. The van der Waals surface area contributed by atoms with Crippen LogP contribution < -0.4 is 10.6 Å². The fraction of sp³-hybridized carbons (Fsp3) is 0.929. The van der Waals surface area contributed by atoms with Gasteiger partial charge in [0.05, 0.1) is 46.4 Å². The zero-order valence-electron chi connectivity index (χ0n) is 23.4. The van der Waals surface area contributed by atoms with Crippen LogP contribution in [0.2, 0.25) is 0 Å². The molecule has 2 aliphatic carbocycles. The van der Waals surface area contributed by atoms with Crippen molar-refractivity contribution in [2.45, 2.75) is 127 Å². The van der Waals surface area contributed by atoms with E-state index in [1.807, 2.05) is 0 Å². The lowest BCUT2D eigenvalue weighted by atomic mass is 9.60. The molecule has 4 aliphatic rings. The molecule has 2 saturated carbocycles. The Balaban J connectivity index is 0.000000201. The number of carbonyl (C=O) groups excluding carboxylic acids is 2. The molecule has 0 aromatic carbocycles. The molecule has 4 atom stereocenters. The van der Waals surface area contributed by atoms with E-state index in [1.165, 1.54) is 0 Å². The van der Waals surface area contributed by atoms with E-state index in [4.69, 9.17) is 9.47 Å². The quantitative estimate of drug-likeness (QED) is 0.398. The van der Waals surface area contributed by atoms with E-state index in [1.54, 1.807) is 14.1 Å². The average Bonchev–Trinajstić information content (AvgIpc) is 3.27. The molecule has 8 heteroatoms. The average molecular weight is 511 g/mol. The second-order valence-corrected chi connectivity index (χ2v) is 11.7. The lowest BCUT2D eigenvalue weighted by molar-refractivity contribution is -0.156. The summed E-state index contributed by atoms with van der Waals surface area (Å²) in [6.45, 7) is 8.38. The monoisotopic (exact) mass is 510 g/mol. The van der Waals surface area contributed by atoms with E-state index in [2.05, 4.69) is 38.3 Å². The molecule has 0 spiro atoms. The number of aliphatic hydroxyl groups is 2. The number of hydrogen-bond donors (Lipinski definition) is 4. The first-order valence-electron chi connectivity index (χ1n) is 14.1. The smallest absolute Gasteiger partial charge is 0.228 e. The lowest BCUT2D eigenvalue weighted by Gasteiger charge is -2.42. The fourth-order valence-electron chi connectivity index (χ4n) is 8.61. The van der Waals surface area contributed by atoms with Crippen molar-refractivity contribution in [1.82, 2.24) is 10.6 Å². The summed E-state index contributed by atoms with van der Waals surface area (Å²) in [5, 5.41) is 25.0. The topological polar surface area (TPSA) is 117 Å². The Morgan fingerprint density at radius 3 is 1.25 bits per heavy atom. The first-order valence-corrected chi connectivity index (χ1v) is 14.1. The van der Waals surface area contributed by atoms with E-state index in [0.29, 0.717) is 12.8 Å². The zero-order chi connectivity index (χ0) is 26.9. The Hall–Kier alpha value is -1.22. The second kappa shape index (κ2) is 10.5. The van der Waals surface area contributed by atoms with Gasteiger partial charge in [0.15, 0.2) is 0 Å². The van der Waals surface area contributed by atoms with Crippen LogP contribution in [-0.4, -0.2) is 71.7 Å². The van der Waals surface area contributed by atoms with Crippen molar-refractivity contribution >= 4 is 11.8 Å². The van der Waals surface area contributed by atoms with E-state index < -0.39 is 33.2 Å². The van der Waals surface area contributed by atoms with Crippen molar-refractivity contribution in [2.24, 2.45) is 10.8 Å². The van der Waals surface area contributed by atoms with Crippen molar-refractivity contribution < 1.29 is 29.3 Å². The highest BCUT2D eigenvalue weighted by Gasteiger charge is 2.69. The van der Waals surface area contributed by atoms with E-state index in [-0.39, 0.29) is 25.0 Å². The van der Waals surface area contributed by atoms with Crippen molar-refractivity contribution in [1.29, 1.82) is 0 Å². The number of rotatable bonds is 8. The summed E-state index contributed by atoms with van der Waals surface area (Å²) in [6.07, 6.45) is 9.98. The van der Waals surface area contributed by atoms with Crippen LogP contribution in [-0.2, 0) is 19.1 Å². The number of carbonyl (C=O) groups is 2. The predicted octanol–water partition coefficient (Wildman–Crippen LogP) is 3.23. The third-order valence-electron chi connectivity index (χ3n) is 10.5. The van der Waals surface area contributed by atoms with Gasteiger partial charge in [-0.15, -0.1) is 0 Å². The summed E-state index contributed by atoms with van der Waals surface area (Å²) in [5.74, 6) is 0.169. The molecule has 2 saturated heterocycles. The first-order chi connectivity index (χ1) is 17.1. The summed E-state index contributed by atoms with van der Waals surface area (Å²) >= 11 is 0. The largest absolute Gasteiger partial charge is 0.393 e. The molecule has 8 nitrogen and oxygen atoms in total. The summed E-state index contributed by atoms with van der Waals surface area (Å²) < 4.78 is 12.6. The Morgan fingerprint density at radius 1 is 0.667 bits per heavy atom. The molecule has 0 aromatic rings. The van der Waals surface area contributed by atoms with Crippen LogP contribution in [0, 0.1) is 10.8 Å². The SMILES string of the molecule is CCC1(CC)O[C@@]2(CO)CCC[C@]1(C(=O)NC)C2.CCC1(CC)O[C@]2(CO)CCC[C@@]1(C(=O)NC)C2. The van der Waals surface area contributed by atoms with Crippen LogP contribution in [0.25, 0.3) is 0 Å². The standard InChI is InChI=1S/2C14H25NO3/c2*1-4-14(5-2)13(11(17)15-3)8-6-7-12(9-13,10-16)18-14/h2*16H,4-10H2,1-3H3,(H,15,17)/t2*12-,13+/m10/s1. The molecule has 0 unspecified atom stereocenters. The van der Waals surface area contributed by atoms with E-state index in [0.717, 1.165) is 64.2 Å². The summed E-state index contributed by atoms with van der Waals surface area (Å²) in [6, 6.07) is 0. The number of amides is 2. The highest BCUT2D eigenvalue weighted by molar-refractivity contribution is 5.85. The van der Waals surface area contributed by atoms with Gasteiger partial charge in [-0.2, -0.15) is 0 Å². The fourth-order valence-corrected chi connectivity index (χ4v) is 8.61. The van der Waals surface area contributed by atoms with Crippen LogP contribution in [0.1, 0.15) is 105 Å². The van der Waals surface area contributed by atoms with Crippen LogP contribution in [0.15, 0.2) is 0 Å². The molecule has 4 rings (SSSR count). The Morgan fingerprint density at radius 2 is 1.00 bits per heavy atom. The Kier molecular flexibility index (Phi) is 8.56. The second-order valence-electron chi connectivity index (χ2n) is 11.7. The molecular formula is C28H50N2O6. The molecule has 0 aromatic heterocycles. The summed E-state index contributed by atoms with van der Waals surface area (Å²) in [7, 11) is 3.39. The van der Waals surface area contributed by atoms with Gasteiger partial charge in [0, 0.05) is 14.1 Å². The number of hydrogen-bond acceptors (Lipinski definition) is 6. The van der Waals surface area contributed by atoms with Gasteiger partial charge < -0.3 is 30.3 Å². The zero-order valence-corrected chi connectivity index (χ0v) is 23.4. The van der Waals surface area contributed by atoms with Gasteiger partial charge >= 0.3 is 0 Å². The first kappa shape index (κ1) is 29.3. The maximum Gasteiger partial charge on any atom is 0.228 e. The van der Waals surface area contributed by atoms with Gasteiger partial charge in [0.2, 0.25) is 11.8 Å². The number of ether oxygens (including phenoxy) is 2. The third kappa shape index (κ3) is 4.02. The Bertz CT molecular complexity index is 746. The molecule has 2 aliphatic heterocycles. The van der Waals surface area contributed by atoms with Gasteiger partial charge in [-0.1, -0.05) is 27.7 Å². The minimum absolute atomic E-state index is 0.0213. The predicted molar refractivity (Wildman–Crippen MR) is 138 cm³/mol. The van der Waals surface area contributed by atoms with Gasteiger partial charge in [-0.05, 0) is 77.0 Å². The van der Waals surface area contributed by atoms with Crippen LogP contribution in [0.4, 0.5) is 0 Å². The lowest BCUT2D eigenvalue weighted by Crippen LogP contribution is -2.53. The minimum Gasteiger partial charge on any atom is -0.393 e. The van der Waals surface area contributed by atoms with Crippen LogP contribution in [0.5, 0.6) is 0 Å². The molecule has 4 bridgehead atoms. The molecule has 2 heterocycles. The Labute approximate surface area is 217 Å². The summed E-state index contributed by atoms with van der Waals surface area (Å²) in [5.41, 5.74) is -2.70. The number of nitrogens with one attached hydrogen (secondary N) is 2. The molecule has 4 fully saturated rings. The number of aliphatic hydroxyl groups excluding tert-OH is 2. The normalized spacial score (nSPS) is 37.6. The minimum atomic E-state index is -0.489. The van der Waals surface area contributed by atoms with Gasteiger partial charge in [0.25, 0.3) is 0 Å². The van der Waals surface area contributed by atoms with Gasteiger partial charge in [0.1, 0.15) is 0 Å². The van der Waals surface area contributed by atoms with Crippen molar-refractivity contribution in [2.75, 3.05) is 27.3 Å². The molecule has 208 valence electrons. The number of fused-ring (bicyclic) bond motifs is 4. The van der Waals surface area contributed by atoms with Gasteiger partial charge in [-0.25, -0.2) is 0 Å². The molecule has 2 amide bonds. The maximum absolute atomic E-state index is 12.5. The van der Waals surface area contributed by atoms with Crippen LogP contribution in [0.3, 0.4) is 0 Å². The molecule has 36 heavy (non-hydrogen) atoms. The van der Waals surface area contributed by atoms with Crippen molar-refractivity contribution in [3.05, 3.63) is 0 Å². The van der Waals surface area contributed by atoms with E-state index in [9.17, 15) is 19.8 Å². The molecule has 4 N–H and O–H groups in total. The molecule has 0 radical (unpaired) electrons. The highest BCUT2D eigenvalue weighted by atomic mass is 16.5. The van der Waals surface area contributed by atoms with E-state index >= 15 is 0 Å². The third-order valence-corrected chi connectivity index (χ3v) is 10.5. The van der Waals surface area contributed by atoms with Crippen LogP contribution >= 0.6 is 0 Å². The van der Waals surface area contributed by atoms with Crippen molar-refractivity contribution in [3.8, 4) is 0 Å². The molecular weight excluding hydrogens is 460 g/mol. The van der Waals surface area contributed by atoms with Gasteiger partial charge in [-0.3, -0.25) is 9.59 Å². The maximum atomic E-state index is 12.5.